The van der Waals surface area contributed by atoms with E-state index in [2.05, 4.69) is 6.07 Å². The number of nitriles is 1. The number of allylic oxidation sites excluding steroid dienone is 2. The van der Waals surface area contributed by atoms with E-state index >= 15 is 0 Å². The third-order valence-electron chi connectivity index (χ3n) is 4.07. The molecule has 5 nitrogen and oxygen atoms in total. The molecule has 0 amide bonds. The highest BCUT2D eigenvalue weighted by atomic mass is 19.1. The third-order valence-corrected chi connectivity index (χ3v) is 4.07. The SMILES string of the molecule is CC(=O)CCOC(=O)C1=C(C)CC(N)=C(C#N)C1c1ccc(F)cc1. The molecule has 0 fully saturated rings. The summed E-state index contributed by atoms with van der Waals surface area (Å²) in [6, 6.07) is 7.64. The first-order chi connectivity index (χ1) is 11.8. The second kappa shape index (κ2) is 7.75. The van der Waals surface area contributed by atoms with Gasteiger partial charge in [-0.1, -0.05) is 17.7 Å². The van der Waals surface area contributed by atoms with Gasteiger partial charge < -0.3 is 10.5 Å². The highest BCUT2D eigenvalue weighted by Gasteiger charge is 2.34. The largest absolute Gasteiger partial charge is 0.462 e. The average molecular weight is 342 g/mol. The lowest BCUT2D eigenvalue weighted by Gasteiger charge is -2.27. The lowest BCUT2D eigenvalue weighted by molar-refractivity contribution is -0.140. The molecule has 1 aliphatic rings. The highest BCUT2D eigenvalue weighted by molar-refractivity contribution is 5.93. The summed E-state index contributed by atoms with van der Waals surface area (Å²) in [5.41, 5.74) is 8.23. The Bertz CT molecular complexity index is 801. The van der Waals surface area contributed by atoms with E-state index in [-0.39, 0.29) is 30.8 Å². The van der Waals surface area contributed by atoms with E-state index in [0.717, 1.165) is 0 Å². The first-order valence-electron chi connectivity index (χ1n) is 7.85. The molecule has 0 aliphatic heterocycles. The molecule has 0 heterocycles. The molecule has 0 radical (unpaired) electrons. The van der Waals surface area contributed by atoms with Crippen LogP contribution in [-0.4, -0.2) is 18.4 Å². The molecule has 0 bridgehead atoms. The predicted octanol–water partition coefficient (Wildman–Crippen LogP) is 2.89. The lowest BCUT2D eigenvalue weighted by Crippen LogP contribution is -2.24. The molecule has 1 aromatic rings. The van der Waals surface area contributed by atoms with Crippen LogP contribution in [-0.2, 0) is 14.3 Å². The molecule has 1 atom stereocenters. The smallest absolute Gasteiger partial charge is 0.334 e. The van der Waals surface area contributed by atoms with Gasteiger partial charge in [0.05, 0.1) is 24.2 Å². The van der Waals surface area contributed by atoms with Gasteiger partial charge in [0.25, 0.3) is 0 Å². The van der Waals surface area contributed by atoms with Crippen molar-refractivity contribution in [3.63, 3.8) is 0 Å². The van der Waals surface area contributed by atoms with Crippen molar-refractivity contribution in [1.29, 1.82) is 5.26 Å². The Morgan fingerprint density at radius 2 is 2.00 bits per heavy atom. The van der Waals surface area contributed by atoms with Gasteiger partial charge in [-0.25, -0.2) is 9.18 Å². The summed E-state index contributed by atoms with van der Waals surface area (Å²) >= 11 is 0. The summed E-state index contributed by atoms with van der Waals surface area (Å²) in [5, 5.41) is 9.50. The number of Topliss-reactive ketones (excluding diaryl/α,β-unsaturated/α-hetero) is 1. The maximum atomic E-state index is 13.2. The number of carbonyl (C=O) groups is 2. The number of esters is 1. The predicted molar refractivity (Wildman–Crippen MR) is 89.5 cm³/mol. The Morgan fingerprint density at radius 3 is 2.56 bits per heavy atom. The Morgan fingerprint density at radius 1 is 1.36 bits per heavy atom. The van der Waals surface area contributed by atoms with Crippen LogP contribution in [0.4, 0.5) is 4.39 Å². The quantitative estimate of drug-likeness (QED) is 0.831. The number of benzene rings is 1. The zero-order valence-electron chi connectivity index (χ0n) is 14.1. The van der Waals surface area contributed by atoms with E-state index in [0.29, 0.717) is 22.4 Å². The fourth-order valence-corrected chi connectivity index (χ4v) is 2.83. The van der Waals surface area contributed by atoms with Gasteiger partial charge in [0.2, 0.25) is 0 Å². The number of carbonyl (C=O) groups excluding carboxylic acids is 2. The maximum absolute atomic E-state index is 13.2. The summed E-state index contributed by atoms with van der Waals surface area (Å²) in [4.78, 5) is 23.6. The van der Waals surface area contributed by atoms with E-state index in [9.17, 15) is 19.2 Å². The monoisotopic (exact) mass is 342 g/mol. The van der Waals surface area contributed by atoms with Crippen LogP contribution in [0.5, 0.6) is 0 Å². The molecular formula is C19H19FN2O3. The minimum Gasteiger partial charge on any atom is -0.462 e. The molecule has 6 heteroatoms. The number of ketones is 1. The van der Waals surface area contributed by atoms with Crippen molar-refractivity contribution in [1.82, 2.24) is 0 Å². The summed E-state index contributed by atoms with van der Waals surface area (Å²) in [6.45, 7) is 3.14. The van der Waals surface area contributed by atoms with Crippen LogP contribution in [0, 0.1) is 17.1 Å². The first-order valence-corrected chi connectivity index (χ1v) is 7.85. The summed E-state index contributed by atoms with van der Waals surface area (Å²) in [5.74, 6) is -1.79. The van der Waals surface area contributed by atoms with Crippen molar-refractivity contribution in [2.75, 3.05) is 6.61 Å². The number of rotatable bonds is 5. The molecule has 1 aliphatic carbocycles. The number of nitrogens with zero attached hydrogens (tertiary/aromatic N) is 1. The van der Waals surface area contributed by atoms with E-state index in [4.69, 9.17) is 10.5 Å². The number of ether oxygens (including phenoxy) is 1. The zero-order chi connectivity index (χ0) is 18.6. The van der Waals surface area contributed by atoms with Crippen molar-refractivity contribution in [2.45, 2.75) is 32.6 Å². The Balaban J connectivity index is 2.41. The highest BCUT2D eigenvalue weighted by Crippen LogP contribution is 2.40. The van der Waals surface area contributed by atoms with Gasteiger partial charge in [-0.3, -0.25) is 4.79 Å². The molecule has 0 saturated heterocycles. The first kappa shape index (κ1) is 18.4. The standard InChI is InChI=1S/C19H19FN2O3/c1-11-9-16(22)15(10-21)18(13-3-5-14(20)6-4-13)17(11)19(24)25-8-7-12(2)23/h3-6,18H,7-9,22H2,1-2H3. The van der Waals surface area contributed by atoms with Crippen LogP contribution in [0.2, 0.25) is 0 Å². The average Bonchev–Trinajstić information content (AvgIpc) is 2.54. The molecule has 1 aromatic carbocycles. The van der Waals surface area contributed by atoms with Crippen LogP contribution >= 0.6 is 0 Å². The third kappa shape index (κ3) is 4.13. The normalized spacial score (nSPS) is 17.3. The van der Waals surface area contributed by atoms with Gasteiger partial charge >= 0.3 is 5.97 Å². The number of halogens is 1. The van der Waals surface area contributed by atoms with Gasteiger partial charge in [0.1, 0.15) is 11.6 Å². The van der Waals surface area contributed by atoms with Crippen molar-refractivity contribution in [3.8, 4) is 6.07 Å². The van der Waals surface area contributed by atoms with Crippen molar-refractivity contribution in [2.24, 2.45) is 5.73 Å². The van der Waals surface area contributed by atoms with Gasteiger partial charge in [0.15, 0.2) is 0 Å². The summed E-state index contributed by atoms with van der Waals surface area (Å²) in [7, 11) is 0. The topological polar surface area (TPSA) is 93.2 Å². The summed E-state index contributed by atoms with van der Waals surface area (Å²) < 4.78 is 18.4. The Labute approximate surface area is 145 Å². The van der Waals surface area contributed by atoms with E-state index < -0.39 is 17.7 Å². The van der Waals surface area contributed by atoms with Gasteiger partial charge in [-0.05, 0) is 31.5 Å². The molecular weight excluding hydrogens is 323 g/mol. The van der Waals surface area contributed by atoms with E-state index in [1.165, 1.54) is 31.2 Å². The summed E-state index contributed by atoms with van der Waals surface area (Å²) in [6.07, 6.45) is 0.417. The van der Waals surface area contributed by atoms with Crippen LogP contribution in [0.15, 0.2) is 46.7 Å². The molecule has 25 heavy (non-hydrogen) atoms. The fraction of sp³-hybridized carbons (Fsp3) is 0.316. The fourth-order valence-electron chi connectivity index (χ4n) is 2.83. The number of nitrogens with two attached hydrogens (primary N) is 1. The van der Waals surface area contributed by atoms with Crippen LogP contribution in [0.3, 0.4) is 0 Å². The lowest BCUT2D eigenvalue weighted by atomic mass is 9.77. The molecule has 0 spiro atoms. The van der Waals surface area contributed by atoms with Crippen molar-refractivity contribution in [3.05, 3.63) is 58.1 Å². The minimum absolute atomic E-state index is 0.0256. The number of hydrogen-bond donors (Lipinski definition) is 1. The Hall–Kier alpha value is -2.94. The van der Waals surface area contributed by atoms with Crippen LogP contribution < -0.4 is 5.73 Å². The van der Waals surface area contributed by atoms with Gasteiger partial charge in [-0.2, -0.15) is 5.26 Å². The molecule has 0 saturated carbocycles. The van der Waals surface area contributed by atoms with Crippen LogP contribution in [0.1, 0.15) is 38.2 Å². The van der Waals surface area contributed by atoms with Crippen LogP contribution in [0.25, 0.3) is 0 Å². The second-order valence-electron chi connectivity index (χ2n) is 5.99. The molecule has 130 valence electrons. The van der Waals surface area contributed by atoms with Crippen molar-refractivity contribution >= 4 is 11.8 Å². The van der Waals surface area contributed by atoms with E-state index in [1.807, 2.05) is 0 Å². The van der Waals surface area contributed by atoms with Crippen molar-refractivity contribution < 1.29 is 18.7 Å². The minimum atomic E-state index is -0.704. The molecule has 0 aromatic heterocycles. The Kier molecular flexibility index (Phi) is 5.71. The van der Waals surface area contributed by atoms with E-state index in [1.54, 1.807) is 6.92 Å². The molecule has 2 N–H and O–H groups in total. The second-order valence-corrected chi connectivity index (χ2v) is 5.99. The zero-order valence-corrected chi connectivity index (χ0v) is 14.1. The van der Waals surface area contributed by atoms with Gasteiger partial charge in [0, 0.05) is 24.1 Å². The molecule has 2 rings (SSSR count). The van der Waals surface area contributed by atoms with Gasteiger partial charge in [-0.15, -0.1) is 0 Å². The maximum Gasteiger partial charge on any atom is 0.334 e. The molecule has 1 unspecified atom stereocenters. The number of hydrogen-bond acceptors (Lipinski definition) is 5.